The third-order valence-corrected chi connectivity index (χ3v) is 5.00. The van der Waals surface area contributed by atoms with Crippen molar-refractivity contribution >= 4 is 27.8 Å². The molecule has 0 saturated carbocycles. The van der Waals surface area contributed by atoms with Gasteiger partial charge in [-0.15, -0.1) is 0 Å². The van der Waals surface area contributed by atoms with E-state index >= 15 is 0 Å². The van der Waals surface area contributed by atoms with E-state index in [-0.39, 0.29) is 10.6 Å². The van der Waals surface area contributed by atoms with Crippen LogP contribution in [0.3, 0.4) is 0 Å². The first-order chi connectivity index (χ1) is 10.7. The van der Waals surface area contributed by atoms with Crippen molar-refractivity contribution in [1.29, 1.82) is 0 Å². The van der Waals surface area contributed by atoms with E-state index in [0.29, 0.717) is 21.7 Å². The van der Waals surface area contributed by atoms with Crippen molar-refractivity contribution in [2.45, 2.75) is 25.7 Å². The Morgan fingerprint density at radius 3 is 2.35 bits per heavy atom. The van der Waals surface area contributed by atoms with E-state index in [2.05, 4.69) is 9.93 Å². The lowest BCUT2D eigenvalue weighted by Crippen LogP contribution is -2.20. The van der Waals surface area contributed by atoms with Gasteiger partial charge in [0.05, 0.1) is 11.1 Å². The van der Waals surface area contributed by atoms with Crippen molar-refractivity contribution in [2.24, 2.45) is 5.10 Å². The Labute approximate surface area is 140 Å². The number of hydrogen-bond donors (Lipinski definition) is 2. The number of aromatic hydroxyl groups is 1. The molecule has 0 aliphatic carbocycles. The minimum Gasteiger partial charge on any atom is -0.507 e. The average Bonchev–Trinajstić information content (AvgIpc) is 2.41. The molecular formula is C16H17ClN2O3S. The fourth-order valence-electron chi connectivity index (χ4n) is 2.43. The van der Waals surface area contributed by atoms with E-state index in [1.807, 2.05) is 6.92 Å². The number of hydrogen-bond acceptors (Lipinski definition) is 4. The Morgan fingerprint density at radius 1 is 1.13 bits per heavy atom. The molecule has 0 bridgehead atoms. The van der Waals surface area contributed by atoms with Gasteiger partial charge in [0.2, 0.25) is 0 Å². The van der Waals surface area contributed by atoms with Gasteiger partial charge in [-0.2, -0.15) is 13.5 Å². The lowest BCUT2D eigenvalue weighted by atomic mass is 10.1. The monoisotopic (exact) mass is 352 g/mol. The number of phenols is 1. The molecule has 2 rings (SSSR count). The lowest BCUT2D eigenvalue weighted by molar-refractivity contribution is 0.474. The molecule has 0 spiro atoms. The maximum absolute atomic E-state index is 12.4. The summed E-state index contributed by atoms with van der Waals surface area (Å²) in [6, 6.07) is 8.02. The summed E-state index contributed by atoms with van der Waals surface area (Å²) in [5.41, 5.74) is 2.61. The zero-order chi connectivity index (χ0) is 17.2. The Hall–Kier alpha value is -2.05. The molecule has 0 aliphatic rings. The Morgan fingerprint density at radius 2 is 1.74 bits per heavy atom. The van der Waals surface area contributed by atoms with Gasteiger partial charge in [0.1, 0.15) is 5.75 Å². The third kappa shape index (κ3) is 4.03. The van der Waals surface area contributed by atoms with Crippen molar-refractivity contribution in [3.8, 4) is 5.75 Å². The molecule has 2 aromatic carbocycles. The van der Waals surface area contributed by atoms with Crippen LogP contribution in [0.5, 0.6) is 5.75 Å². The van der Waals surface area contributed by atoms with E-state index in [1.54, 1.807) is 26.0 Å². The number of sulfonamides is 1. The molecule has 0 radical (unpaired) electrons. The number of benzene rings is 2. The van der Waals surface area contributed by atoms with E-state index in [4.69, 9.17) is 11.6 Å². The number of hydrazone groups is 1. The summed E-state index contributed by atoms with van der Waals surface area (Å²) in [5, 5.41) is 13.8. The molecule has 2 N–H and O–H groups in total. The molecule has 122 valence electrons. The standard InChI is InChI=1S/C16H17ClN2O3S/c1-10-6-11(2)16(12(3)7-10)23(21,22)19-18-9-13-8-14(17)4-5-15(13)20/h4-9,19-20H,1-3H3. The largest absolute Gasteiger partial charge is 0.507 e. The first-order valence-corrected chi connectivity index (χ1v) is 8.68. The zero-order valence-electron chi connectivity index (χ0n) is 13.0. The fourth-order valence-corrected chi connectivity index (χ4v) is 3.86. The van der Waals surface area contributed by atoms with Gasteiger partial charge >= 0.3 is 0 Å². The van der Waals surface area contributed by atoms with Crippen LogP contribution in [0.25, 0.3) is 0 Å². The highest BCUT2D eigenvalue weighted by atomic mass is 35.5. The first-order valence-electron chi connectivity index (χ1n) is 6.82. The third-order valence-electron chi connectivity index (χ3n) is 3.24. The molecule has 0 aliphatic heterocycles. The van der Waals surface area contributed by atoms with Crippen LogP contribution in [-0.4, -0.2) is 19.7 Å². The first kappa shape index (κ1) is 17.3. The molecular weight excluding hydrogens is 336 g/mol. The molecule has 0 heterocycles. The average molecular weight is 353 g/mol. The van der Waals surface area contributed by atoms with Crippen LogP contribution in [0.4, 0.5) is 0 Å². The van der Waals surface area contributed by atoms with Crippen molar-refractivity contribution in [3.05, 3.63) is 57.6 Å². The van der Waals surface area contributed by atoms with Crippen LogP contribution in [0, 0.1) is 20.8 Å². The number of aryl methyl sites for hydroxylation is 3. The Balaban J connectivity index is 2.29. The highest BCUT2D eigenvalue weighted by Crippen LogP contribution is 2.22. The minimum atomic E-state index is -3.79. The summed E-state index contributed by atoms with van der Waals surface area (Å²) in [5.74, 6) is -0.0416. The van der Waals surface area contributed by atoms with Crippen LogP contribution in [0.2, 0.25) is 5.02 Å². The summed E-state index contributed by atoms with van der Waals surface area (Å²) in [6.45, 7) is 5.38. The predicted molar refractivity (Wildman–Crippen MR) is 91.7 cm³/mol. The van der Waals surface area contributed by atoms with Crippen molar-refractivity contribution in [2.75, 3.05) is 0 Å². The molecule has 0 fully saturated rings. The van der Waals surface area contributed by atoms with Gasteiger partial charge < -0.3 is 5.11 Å². The van der Waals surface area contributed by atoms with E-state index in [1.165, 1.54) is 24.4 Å². The molecule has 0 aromatic heterocycles. The maximum atomic E-state index is 12.4. The Kier molecular flexibility index (Phi) is 4.97. The number of phenolic OH excluding ortho intramolecular Hbond substituents is 1. The molecule has 5 nitrogen and oxygen atoms in total. The minimum absolute atomic E-state index is 0.0416. The molecule has 23 heavy (non-hydrogen) atoms. The van der Waals surface area contributed by atoms with Crippen LogP contribution in [-0.2, 0) is 10.0 Å². The number of halogens is 1. The van der Waals surface area contributed by atoms with E-state index < -0.39 is 10.0 Å². The number of rotatable bonds is 4. The topological polar surface area (TPSA) is 78.8 Å². The second kappa shape index (κ2) is 6.60. The fraction of sp³-hybridized carbons (Fsp3) is 0.188. The quantitative estimate of drug-likeness (QED) is 0.654. The van der Waals surface area contributed by atoms with Gasteiger partial charge in [-0.1, -0.05) is 29.3 Å². The SMILES string of the molecule is Cc1cc(C)c(S(=O)(=O)NN=Cc2cc(Cl)ccc2O)c(C)c1. The second-order valence-electron chi connectivity index (χ2n) is 5.28. The zero-order valence-corrected chi connectivity index (χ0v) is 14.5. The number of nitrogens with zero attached hydrogens (tertiary/aromatic N) is 1. The Bertz CT molecular complexity index is 854. The normalized spacial score (nSPS) is 11.8. The summed E-state index contributed by atoms with van der Waals surface area (Å²) in [4.78, 5) is 2.36. The van der Waals surface area contributed by atoms with Gasteiger partial charge in [-0.25, -0.2) is 4.83 Å². The summed E-state index contributed by atoms with van der Waals surface area (Å²) in [6.07, 6.45) is 1.21. The molecule has 2 aromatic rings. The van der Waals surface area contributed by atoms with Crippen LogP contribution >= 0.6 is 11.6 Å². The number of nitrogens with one attached hydrogen (secondary N) is 1. The summed E-state index contributed by atoms with van der Waals surface area (Å²) in [7, 11) is -3.79. The van der Waals surface area contributed by atoms with Gasteiger partial charge in [0.15, 0.2) is 0 Å². The summed E-state index contributed by atoms with van der Waals surface area (Å²) >= 11 is 5.83. The highest BCUT2D eigenvalue weighted by molar-refractivity contribution is 7.89. The van der Waals surface area contributed by atoms with Gasteiger partial charge in [0, 0.05) is 10.6 Å². The van der Waals surface area contributed by atoms with Gasteiger partial charge in [-0.05, 0) is 50.1 Å². The summed E-state index contributed by atoms with van der Waals surface area (Å²) < 4.78 is 24.8. The van der Waals surface area contributed by atoms with Crippen LogP contribution in [0.15, 0.2) is 40.3 Å². The van der Waals surface area contributed by atoms with Gasteiger partial charge in [-0.3, -0.25) is 0 Å². The molecule has 0 unspecified atom stereocenters. The van der Waals surface area contributed by atoms with Gasteiger partial charge in [0.25, 0.3) is 10.0 Å². The van der Waals surface area contributed by atoms with Crippen molar-refractivity contribution < 1.29 is 13.5 Å². The molecule has 0 atom stereocenters. The van der Waals surface area contributed by atoms with Crippen LogP contribution in [0.1, 0.15) is 22.3 Å². The lowest BCUT2D eigenvalue weighted by Gasteiger charge is -2.11. The molecule has 7 heteroatoms. The van der Waals surface area contributed by atoms with Crippen molar-refractivity contribution in [1.82, 2.24) is 4.83 Å². The highest BCUT2D eigenvalue weighted by Gasteiger charge is 2.19. The van der Waals surface area contributed by atoms with E-state index in [0.717, 1.165) is 5.56 Å². The predicted octanol–water partition coefficient (Wildman–Crippen LogP) is 3.28. The second-order valence-corrected chi connectivity index (χ2v) is 7.32. The smallest absolute Gasteiger partial charge is 0.277 e. The maximum Gasteiger partial charge on any atom is 0.277 e. The van der Waals surface area contributed by atoms with E-state index in [9.17, 15) is 13.5 Å². The van der Waals surface area contributed by atoms with Crippen molar-refractivity contribution in [3.63, 3.8) is 0 Å². The van der Waals surface area contributed by atoms with Crippen LogP contribution < -0.4 is 4.83 Å². The molecule has 0 amide bonds. The molecule has 0 saturated heterocycles.